The predicted octanol–water partition coefficient (Wildman–Crippen LogP) is 4.63. The Morgan fingerprint density at radius 3 is 2.46 bits per heavy atom. The van der Waals surface area contributed by atoms with E-state index in [4.69, 9.17) is 9.47 Å². The number of carbonyl (C=O) groups is 1. The van der Waals surface area contributed by atoms with E-state index in [1.54, 1.807) is 18.9 Å². The van der Waals surface area contributed by atoms with Crippen LogP contribution in [0.25, 0.3) is 0 Å². The third-order valence-corrected chi connectivity index (χ3v) is 6.09. The Bertz CT molecular complexity index is 712. The lowest BCUT2D eigenvalue weighted by atomic mass is 9.97. The van der Waals surface area contributed by atoms with Gasteiger partial charge in [-0.1, -0.05) is 30.3 Å². The summed E-state index contributed by atoms with van der Waals surface area (Å²) < 4.78 is 11.0. The topological polar surface area (TPSA) is 38.8 Å². The van der Waals surface area contributed by atoms with Gasteiger partial charge < -0.3 is 14.4 Å². The standard InChI is InChI=1S/C23H29NO3S/c1-26-21-7-9-22(10-8-21)28-16-13-23(25)24-14-11-20(12-15-24)18-27-17-19-5-3-2-4-6-19/h2-10,20H,11-18H2,1H3. The molecule has 0 radical (unpaired) electrons. The molecule has 1 amide bonds. The van der Waals surface area contributed by atoms with Crippen LogP contribution in [0.4, 0.5) is 0 Å². The molecule has 0 N–H and O–H groups in total. The van der Waals surface area contributed by atoms with Crippen LogP contribution in [0.5, 0.6) is 5.75 Å². The zero-order valence-electron chi connectivity index (χ0n) is 16.5. The number of rotatable bonds is 9. The van der Waals surface area contributed by atoms with Crippen LogP contribution in [0.2, 0.25) is 0 Å². The second-order valence-electron chi connectivity index (χ2n) is 7.10. The number of hydrogen-bond acceptors (Lipinski definition) is 4. The third kappa shape index (κ3) is 6.57. The molecule has 1 aliphatic heterocycles. The molecule has 0 spiro atoms. The number of hydrogen-bond donors (Lipinski definition) is 0. The number of methoxy groups -OCH3 is 1. The van der Waals surface area contributed by atoms with Crippen molar-refractivity contribution >= 4 is 17.7 Å². The number of piperidine rings is 1. The van der Waals surface area contributed by atoms with Gasteiger partial charge in [-0.15, -0.1) is 11.8 Å². The van der Waals surface area contributed by atoms with Crippen molar-refractivity contribution in [1.29, 1.82) is 0 Å². The summed E-state index contributed by atoms with van der Waals surface area (Å²) in [5.74, 6) is 2.49. The first-order valence-electron chi connectivity index (χ1n) is 9.91. The summed E-state index contributed by atoms with van der Waals surface area (Å²) in [7, 11) is 1.67. The van der Waals surface area contributed by atoms with Crippen LogP contribution in [-0.4, -0.2) is 43.4 Å². The molecule has 0 bridgehead atoms. The third-order valence-electron chi connectivity index (χ3n) is 5.08. The molecule has 0 atom stereocenters. The zero-order valence-corrected chi connectivity index (χ0v) is 17.3. The summed E-state index contributed by atoms with van der Waals surface area (Å²) in [5, 5.41) is 0. The van der Waals surface area contributed by atoms with E-state index in [-0.39, 0.29) is 5.91 Å². The maximum Gasteiger partial charge on any atom is 0.223 e. The summed E-state index contributed by atoms with van der Waals surface area (Å²) >= 11 is 1.72. The van der Waals surface area contributed by atoms with Gasteiger partial charge in [0.15, 0.2) is 0 Å². The van der Waals surface area contributed by atoms with E-state index in [2.05, 4.69) is 12.1 Å². The van der Waals surface area contributed by atoms with Crippen molar-refractivity contribution in [3.05, 3.63) is 60.2 Å². The molecule has 2 aromatic rings. The first-order chi connectivity index (χ1) is 13.7. The van der Waals surface area contributed by atoms with E-state index in [1.165, 1.54) is 10.5 Å². The Hall–Kier alpha value is -1.98. The molecule has 1 aliphatic rings. The van der Waals surface area contributed by atoms with Gasteiger partial charge in [0.05, 0.1) is 13.7 Å². The van der Waals surface area contributed by atoms with Gasteiger partial charge in [0.1, 0.15) is 5.75 Å². The van der Waals surface area contributed by atoms with Crippen molar-refractivity contribution in [3.63, 3.8) is 0 Å². The first-order valence-corrected chi connectivity index (χ1v) is 10.9. The molecular weight excluding hydrogens is 370 g/mol. The highest BCUT2D eigenvalue weighted by atomic mass is 32.2. The monoisotopic (exact) mass is 399 g/mol. The fourth-order valence-corrected chi connectivity index (χ4v) is 4.19. The molecule has 0 aromatic heterocycles. The molecule has 28 heavy (non-hydrogen) atoms. The van der Waals surface area contributed by atoms with Crippen LogP contribution in [0, 0.1) is 5.92 Å². The lowest BCUT2D eigenvalue weighted by Crippen LogP contribution is -2.39. The molecule has 0 saturated carbocycles. The second-order valence-corrected chi connectivity index (χ2v) is 8.27. The second kappa shape index (κ2) is 11.1. The first kappa shape index (κ1) is 20.7. The molecule has 3 rings (SSSR count). The molecule has 2 aromatic carbocycles. The Morgan fingerprint density at radius 2 is 1.79 bits per heavy atom. The van der Waals surface area contributed by atoms with Gasteiger partial charge in [-0.05, 0) is 48.6 Å². The van der Waals surface area contributed by atoms with Gasteiger partial charge in [0.2, 0.25) is 5.91 Å². The average molecular weight is 400 g/mol. The van der Waals surface area contributed by atoms with Crippen LogP contribution in [0.1, 0.15) is 24.8 Å². The summed E-state index contributed by atoms with van der Waals surface area (Å²) in [5.41, 5.74) is 1.21. The number of ether oxygens (including phenoxy) is 2. The van der Waals surface area contributed by atoms with Crippen LogP contribution in [-0.2, 0) is 16.1 Å². The summed E-state index contributed by atoms with van der Waals surface area (Å²) in [6.07, 6.45) is 2.66. The average Bonchev–Trinajstić information content (AvgIpc) is 2.75. The van der Waals surface area contributed by atoms with E-state index >= 15 is 0 Å². The van der Waals surface area contributed by atoms with E-state index in [0.29, 0.717) is 18.9 Å². The Balaban J connectivity index is 1.30. The number of thioether (sulfide) groups is 1. The van der Waals surface area contributed by atoms with Crippen molar-refractivity contribution in [2.24, 2.45) is 5.92 Å². The van der Waals surface area contributed by atoms with Crippen LogP contribution in [0.15, 0.2) is 59.5 Å². The van der Waals surface area contributed by atoms with Crippen LogP contribution >= 0.6 is 11.8 Å². The number of likely N-dealkylation sites (tertiary alicyclic amines) is 1. The highest BCUT2D eigenvalue weighted by Gasteiger charge is 2.22. The van der Waals surface area contributed by atoms with E-state index in [1.807, 2.05) is 47.4 Å². The summed E-state index contributed by atoms with van der Waals surface area (Å²) in [6.45, 7) is 3.16. The van der Waals surface area contributed by atoms with Crippen molar-refractivity contribution in [3.8, 4) is 5.75 Å². The van der Waals surface area contributed by atoms with Crippen LogP contribution < -0.4 is 4.74 Å². The molecule has 0 aliphatic carbocycles. The minimum atomic E-state index is 0.268. The van der Waals surface area contributed by atoms with Crippen LogP contribution in [0.3, 0.4) is 0 Å². The van der Waals surface area contributed by atoms with E-state index < -0.39 is 0 Å². The minimum absolute atomic E-state index is 0.268. The maximum absolute atomic E-state index is 12.5. The Kier molecular flexibility index (Phi) is 8.24. The summed E-state index contributed by atoms with van der Waals surface area (Å²) in [4.78, 5) is 15.6. The van der Waals surface area contributed by atoms with Gasteiger partial charge >= 0.3 is 0 Å². The number of amides is 1. The largest absolute Gasteiger partial charge is 0.497 e. The van der Waals surface area contributed by atoms with Crippen molar-refractivity contribution < 1.29 is 14.3 Å². The van der Waals surface area contributed by atoms with Gasteiger partial charge in [-0.25, -0.2) is 0 Å². The normalized spacial score (nSPS) is 14.8. The van der Waals surface area contributed by atoms with E-state index in [9.17, 15) is 4.79 Å². The smallest absolute Gasteiger partial charge is 0.223 e. The summed E-state index contributed by atoms with van der Waals surface area (Å²) in [6, 6.07) is 18.3. The molecular formula is C23H29NO3S. The lowest BCUT2D eigenvalue weighted by molar-refractivity contribution is -0.132. The van der Waals surface area contributed by atoms with Gasteiger partial charge in [-0.2, -0.15) is 0 Å². The molecule has 1 fully saturated rings. The molecule has 150 valence electrons. The Morgan fingerprint density at radius 1 is 1.07 bits per heavy atom. The SMILES string of the molecule is COc1ccc(SCCC(=O)N2CCC(COCc3ccccc3)CC2)cc1. The minimum Gasteiger partial charge on any atom is -0.497 e. The number of nitrogens with zero attached hydrogens (tertiary/aromatic N) is 1. The Labute approximate surface area is 172 Å². The predicted molar refractivity (Wildman–Crippen MR) is 114 cm³/mol. The van der Waals surface area contributed by atoms with Crippen molar-refractivity contribution in [2.75, 3.05) is 32.6 Å². The van der Waals surface area contributed by atoms with Crippen molar-refractivity contribution in [2.45, 2.75) is 30.8 Å². The fraction of sp³-hybridized carbons (Fsp3) is 0.435. The molecule has 4 nitrogen and oxygen atoms in total. The zero-order chi connectivity index (χ0) is 19.6. The van der Waals surface area contributed by atoms with Gasteiger partial charge in [0.25, 0.3) is 0 Å². The molecule has 0 unspecified atom stereocenters. The van der Waals surface area contributed by atoms with Gasteiger partial charge in [-0.3, -0.25) is 4.79 Å². The van der Waals surface area contributed by atoms with Gasteiger partial charge in [0, 0.05) is 36.8 Å². The molecule has 1 saturated heterocycles. The number of carbonyl (C=O) groups excluding carboxylic acids is 1. The highest BCUT2D eigenvalue weighted by Crippen LogP contribution is 2.23. The number of benzene rings is 2. The highest BCUT2D eigenvalue weighted by molar-refractivity contribution is 7.99. The molecule has 1 heterocycles. The fourth-order valence-electron chi connectivity index (χ4n) is 3.35. The lowest BCUT2D eigenvalue weighted by Gasteiger charge is -2.32. The molecule has 5 heteroatoms. The maximum atomic E-state index is 12.5. The van der Waals surface area contributed by atoms with Crippen molar-refractivity contribution in [1.82, 2.24) is 4.90 Å². The van der Waals surface area contributed by atoms with E-state index in [0.717, 1.165) is 44.0 Å². The quantitative estimate of drug-likeness (QED) is 0.576.